The minimum atomic E-state index is -0.837. The molecule has 1 fully saturated rings. The van der Waals surface area contributed by atoms with Crippen LogP contribution in [0, 0.1) is 5.82 Å². The molecule has 0 radical (unpaired) electrons. The van der Waals surface area contributed by atoms with E-state index >= 15 is 0 Å². The maximum Gasteiger partial charge on any atom is 0.300 e. The molecule has 3 heterocycles. The van der Waals surface area contributed by atoms with Gasteiger partial charge in [-0.05, 0) is 53.4 Å². The summed E-state index contributed by atoms with van der Waals surface area (Å²) in [5.41, 5.74) is 1.63. The van der Waals surface area contributed by atoms with E-state index in [1.807, 2.05) is 5.38 Å². The standard InChI is InChI=1S/C23H16FNO4S/c24-15-3-1-4-16(12-15)25-20(18-5-2-10-30-18)19(22(27)23(25)28)21(26)14-6-7-17-13(11-14)8-9-29-17/h1-7,10-12,20,26H,8-9H2/b21-19-. The van der Waals surface area contributed by atoms with E-state index in [0.29, 0.717) is 23.5 Å². The largest absolute Gasteiger partial charge is 0.507 e. The number of ether oxygens (including phenoxy) is 1. The normalized spacial score (nSPS) is 19.8. The van der Waals surface area contributed by atoms with Crippen LogP contribution in [0.2, 0.25) is 0 Å². The fraction of sp³-hybridized carbons (Fsp3) is 0.130. The summed E-state index contributed by atoms with van der Waals surface area (Å²) < 4.78 is 19.4. The Morgan fingerprint density at radius 1 is 1.13 bits per heavy atom. The first-order valence-electron chi connectivity index (χ1n) is 9.40. The van der Waals surface area contributed by atoms with Crippen molar-refractivity contribution in [1.82, 2.24) is 0 Å². The van der Waals surface area contributed by atoms with E-state index in [9.17, 15) is 19.1 Å². The van der Waals surface area contributed by atoms with Crippen LogP contribution in [0.15, 0.2) is 65.6 Å². The van der Waals surface area contributed by atoms with E-state index in [2.05, 4.69) is 0 Å². The summed E-state index contributed by atoms with van der Waals surface area (Å²) in [5.74, 6) is -1.61. The minimum Gasteiger partial charge on any atom is -0.507 e. The lowest BCUT2D eigenvalue weighted by atomic mass is 9.98. The van der Waals surface area contributed by atoms with Crippen molar-refractivity contribution in [2.45, 2.75) is 12.5 Å². The van der Waals surface area contributed by atoms with Crippen LogP contribution in [0.5, 0.6) is 5.75 Å². The maximum absolute atomic E-state index is 13.9. The molecule has 0 spiro atoms. The summed E-state index contributed by atoms with van der Waals surface area (Å²) in [6.07, 6.45) is 0.711. The van der Waals surface area contributed by atoms with E-state index in [0.717, 1.165) is 11.3 Å². The predicted molar refractivity (Wildman–Crippen MR) is 111 cm³/mol. The van der Waals surface area contributed by atoms with Crippen LogP contribution in [0.4, 0.5) is 10.1 Å². The maximum atomic E-state index is 13.9. The van der Waals surface area contributed by atoms with Gasteiger partial charge in [0.15, 0.2) is 0 Å². The van der Waals surface area contributed by atoms with Crippen LogP contribution in [0.1, 0.15) is 22.0 Å². The van der Waals surface area contributed by atoms with Crippen molar-refractivity contribution in [1.29, 1.82) is 0 Å². The molecule has 0 saturated carbocycles. The van der Waals surface area contributed by atoms with Gasteiger partial charge < -0.3 is 9.84 Å². The van der Waals surface area contributed by atoms with Gasteiger partial charge >= 0.3 is 0 Å². The Morgan fingerprint density at radius 3 is 2.77 bits per heavy atom. The molecule has 1 atom stereocenters. The molecule has 2 aliphatic heterocycles. The number of rotatable bonds is 3. The van der Waals surface area contributed by atoms with Crippen molar-refractivity contribution in [3.63, 3.8) is 0 Å². The summed E-state index contributed by atoms with van der Waals surface area (Å²) in [6, 6.07) is 13.5. The topological polar surface area (TPSA) is 66.8 Å². The van der Waals surface area contributed by atoms with Crippen LogP contribution in [-0.2, 0) is 16.0 Å². The molecule has 0 aliphatic carbocycles. The number of halogens is 1. The van der Waals surface area contributed by atoms with E-state index < -0.39 is 23.5 Å². The summed E-state index contributed by atoms with van der Waals surface area (Å²) in [7, 11) is 0. The average molecular weight is 421 g/mol. The Labute approximate surface area is 175 Å². The van der Waals surface area contributed by atoms with Gasteiger partial charge in [0.2, 0.25) is 0 Å². The Hall–Kier alpha value is -3.45. The van der Waals surface area contributed by atoms with Crippen molar-refractivity contribution >= 4 is 34.5 Å². The van der Waals surface area contributed by atoms with Gasteiger partial charge in [0.05, 0.1) is 12.2 Å². The number of hydrogen-bond donors (Lipinski definition) is 1. The minimum absolute atomic E-state index is 0.00873. The number of carbonyl (C=O) groups is 2. The molecular formula is C23H16FNO4S. The van der Waals surface area contributed by atoms with Crippen molar-refractivity contribution in [2.75, 3.05) is 11.5 Å². The molecule has 1 amide bonds. The number of thiophene rings is 1. The third-order valence-electron chi connectivity index (χ3n) is 5.31. The number of aliphatic hydroxyl groups excluding tert-OH is 1. The van der Waals surface area contributed by atoms with E-state index in [1.165, 1.54) is 34.4 Å². The highest BCUT2D eigenvalue weighted by Gasteiger charge is 2.47. The second kappa shape index (κ2) is 7.11. The summed E-state index contributed by atoms with van der Waals surface area (Å²) in [5, 5.41) is 12.9. The molecule has 1 aromatic heterocycles. The molecule has 2 aromatic carbocycles. The number of benzene rings is 2. The SMILES string of the molecule is O=C1C(=O)N(c2cccc(F)c2)C(c2cccs2)/C1=C(/O)c1ccc2c(c1)CCO2. The van der Waals surface area contributed by atoms with Gasteiger partial charge in [-0.2, -0.15) is 0 Å². The predicted octanol–water partition coefficient (Wildman–Crippen LogP) is 4.45. The number of nitrogens with zero attached hydrogens (tertiary/aromatic N) is 1. The lowest BCUT2D eigenvalue weighted by Crippen LogP contribution is -2.29. The van der Waals surface area contributed by atoms with Crippen molar-refractivity contribution in [3.05, 3.63) is 87.4 Å². The Kier molecular flexibility index (Phi) is 4.40. The van der Waals surface area contributed by atoms with Gasteiger partial charge in [0.25, 0.3) is 11.7 Å². The molecule has 0 bridgehead atoms. The zero-order chi connectivity index (χ0) is 20.8. The first kappa shape index (κ1) is 18.6. The van der Waals surface area contributed by atoms with Crippen molar-refractivity contribution < 1.29 is 23.8 Å². The zero-order valence-corrected chi connectivity index (χ0v) is 16.5. The first-order chi connectivity index (χ1) is 14.5. The number of aliphatic hydroxyl groups is 1. The Morgan fingerprint density at radius 2 is 2.00 bits per heavy atom. The molecule has 1 N–H and O–H groups in total. The number of fused-ring (bicyclic) bond motifs is 1. The molecule has 150 valence electrons. The lowest BCUT2D eigenvalue weighted by Gasteiger charge is -2.24. The Balaban J connectivity index is 1.69. The monoisotopic (exact) mass is 421 g/mol. The first-order valence-corrected chi connectivity index (χ1v) is 10.3. The zero-order valence-electron chi connectivity index (χ0n) is 15.7. The third-order valence-corrected chi connectivity index (χ3v) is 6.23. The Bertz CT molecular complexity index is 1200. The number of hydrogen-bond acceptors (Lipinski definition) is 5. The van der Waals surface area contributed by atoms with Crippen molar-refractivity contribution in [3.8, 4) is 5.75 Å². The molecule has 3 aromatic rings. The summed E-state index contributed by atoms with van der Waals surface area (Å²) in [6.45, 7) is 0.568. The molecule has 2 aliphatic rings. The van der Waals surface area contributed by atoms with Crippen LogP contribution < -0.4 is 9.64 Å². The number of anilines is 1. The van der Waals surface area contributed by atoms with Gasteiger partial charge in [-0.15, -0.1) is 11.3 Å². The van der Waals surface area contributed by atoms with Gasteiger partial charge in [-0.3, -0.25) is 14.5 Å². The second-order valence-corrected chi connectivity index (χ2v) is 8.06. The average Bonchev–Trinajstić information content (AvgIpc) is 3.47. The second-order valence-electron chi connectivity index (χ2n) is 7.09. The van der Waals surface area contributed by atoms with Gasteiger partial charge in [0, 0.05) is 22.5 Å². The molecule has 5 rings (SSSR count). The van der Waals surface area contributed by atoms with Crippen LogP contribution in [0.3, 0.4) is 0 Å². The number of Topliss-reactive ketones (excluding diaryl/α,β-unsaturated/α-hetero) is 1. The molecule has 5 nitrogen and oxygen atoms in total. The molecular weight excluding hydrogens is 405 g/mol. The van der Waals surface area contributed by atoms with Crippen LogP contribution in [0.25, 0.3) is 5.76 Å². The third kappa shape index (κ3) is 2.90. The number of ketones is 1. The van der Waals surface area contributed by atoms with E-state index in [4.69, 9.17) is 4.74 Å². The molecule has 30 heavy (non-hydrogen) atoms. The molecule has 1 saturated heterocycles. The summed E-state index contributed by atoms with van der Waals surface area (Å²) >= 11 is 1.36. The van der Waals surface area contributed by atoms with Gasteiger partial charge in [-0.25, -0.2) is 4.39 Å². The van der Waals surface area contributed by atoms with Gasteiger partial charge in [-0.1, -0.05) is 12.1 Å². The number of carbonyl (C=O) groups excluding carboxylic acids is 2. The highest BCUT2D eigenvalue weighted by molar-refractivity contribution is 7.10. The van der Waals surface area contributed by atoms with Crippen molar-refractivity contribution in [2.24, 2.45) is 0 Å². The van der Waals surface area contributed by atoms with E-state index in [-0.39, 0.29) is 17.0 Å². The number of amides is 1. The quantitative estimate of drug-likeness (QED) is 0.386. The summed E-state index contributed by atoms with van der Waals surface area (Å²) in [4.78, 5) is 27.9. The lowest BCUT2D eigenvalue weighted by molar-refractivity contribution is -0.132. The fourth-order valence-electron chi connectivity index (χ4n) is 3.93. The smallest absolute Gasteiger partial charge is 0.300 e. The van der Waals surface area contributed by atoms with E-state index in [1.54, 1.807) is 36.4 Å². The molecule has 7 heteroatoms. The van der Waals surface area contributed by atoms with Crippen LogP contribution in [-0.4, -0.2) is 23.4 Å². The highest BCUT2D eigenvalue weighted by Crippen LogP contribution is 2.44. The molecule has 1 unspecified atom stereocenters. The van der Waals surface area contributed by atoms with Gasteiger partial charge in [0.1, 0.15) is 23.4 Å². The van der Waals surface area contributed by atoms with Crippen LogP contribution >= 0.6 is 11.3 Å². The fourth-order valence-corrected chi connectivity index (χ4v) is 4.75. The highest BCUT2D eigenvalue weighted by atomic mass is 32.1.